The molecule has 204 valence electrons. The minimum Gasteiger partial charge on any atom is -0.327 e. The molecule has 2 aliphatic heterocycles. The van der Waals surface area contributed by atoms with Crippen molar-refractivity contribution in [1.29, 1.82) is 0 Å². The monoisotopic (exact) mass is 508 g/mol. The maximum absolute atomic E-state index is 6.90. The summed E-state index contributed by atoms with van der Waals surface area (Å²) in [6.45, 7) is 16.1. The minimum atomic E-state index is 0.0258. The van der Waals surface area contributed by atoms with E-state index in [9.17, 15) is 0 Å². The van der Waals surface area contributed by atoms with Crippen LogP contribution in [-0.2, 0) is 37.1 Å². The molecule has 0 radical (unpaired) electrons. The SMILES string of the molecule is Cn1ncc2c1C1(CCN(C(C)(C)Cc3n[nH]c4c3C[C@@H](N)C43CCN(C(C)(C)C)CC3)CC1)[C@H](N)C2. The van der Waals surface area contributed by atoms with Crippen molar-refractivity contribution in [3.05, 3.63) is 34.4 Å². The van der Waals surface area contributed by atoms with E-state index in [1.807, 2.05) is 6.20 Å². The Bertz CT molecular complexity index is 1150. The standard InChI is InChI=1S/C29H48N8/c1-26(2,3)36-11-7-28(8-12-36)23(31)16-20-21(33-34-24(20)28)17-27(4,5)37-13-9-29(10-14-37)22(30)15-19-18-32-35(6)25(19)29/h18,22-23H,7-17,30-31H2,1-6H3,(H,33,34)/t22-,23-/m1/s1. The molecule has 37 heavy (non-hydrogen) atoms. The van der Waals surface area contributed by atoms with Crippen LogP contribution in [-0.4, -0.2) is 79.1 Å². The first kappa shape index (κ1) is 25.5. The summed E-state index contributed by atoms with van der Waals surface area (Å²) in [6.07, 6.45) is 9.33. The van der Waals surface area contributed by atoms with Crippen LogP contribution in [0.1, 0.15) is 88.5 Å². The molecule has 5 N–H and O–H groups in total. The fraction of sp³-hybridized carbons (Fsp3) is 0.793. The summed E-state index contributed by atoms with van der Waals surface area (Å²) in [7, 11) is 2.08. The molecule has 2 aromatic heterocycles. The highest BCUT2D eigenvalue weighted by Crippen LogP contribution is 2.48. The lowest BCUT2D eigenvalue weighted by molar-refractivity contribution is 0.0549. The van der Waals surface area contributed by atoms with Gasteiger partial charge in [-0.2, -0.15) is 10.2 Å². The first-order chi connectivity index (χ1) is 17.4. The van der Waals surface area contributed by atoms with Crippen molar-refractivity contribution in [2.24, 2.45) is 18.5 Å². The second-order valence-electron chi connectivity index (χ2n) is 14.2. The molecule has 2 atom stereocenters. The van der Waals surface area contributed by atoms with Crippen molar-refractivity contribution in [3.8, 4) is 0 Å². The van der Waals surface area contributed by atoms with Gasteiger partial charge in [-0.1, -0.05) is 0 Å². The number of H-pyrrole nitrogens is 1. The Morgan fingerprint density at radius 2 is 1.51 bits per heavy atom. The van der Waals surface area contributed by atoms with Gasteiger partial charge in [0.25, 0.3) is 0 Å². The fourth-order valence-electron chi connectivity index (χ4n) is 8.50. The average Bonchev–Trinajstić information content (AvgIpc) is 3.54. The molecular weight excluding hydrogens is 460 g/mol. The summed E-state index contributed by atoms with van der Waals surface area (Å²) < 4.78 is 2.08. The van der Waals surface area contributed by atoms with Crippen molar-refractivity contribution >= 4 is 0 Å². The quantitative estimate of drug-likeness (QED) is 0.588. The minimum absolute atomic E-state index is 0.0258. The predicted octanol–water partition coefficient (Wildman–Crippen LogP) is 2.40. The largest absolute Gasteiger partial charge is 0.327 e. The fourth-order valence-corrected chi connectivity index (χ4v) is 8.50. The van der Waals surface area contributed by atoms with Crippen LogP contribution < -0.4 is 11.5 Å². The number of hydrogen-bond donors (Lipinski definition) is 3. The van der Waals surface area contributed by atoms with E-state index in [4.69, 9.17) is 16.6 Å². The number of nitrogens with two attached hydrogens (primary N) is 2. The summed E-state index contributed by atoms with van der Waals surface area (Å²) in [6, 6.07) is 0.390. The zero-order chi connectivity index (χ0) is 26.4. The molecule has 0 amide bonds. The second kappa shape index (κ2) is 8.38. The average molecular weight is 509 g/mol. The molecule has 8 nitrogen and oxygen atoms in total. The number of rotatable bonds is 3. The molecule has 2 aliphatic carbocycles. The van der Waals surface area contributed by atoms with E-state index in [0.29, 0.717) is 0 Å². The molecule has 6 rings (SSSR count). The summed E-state index contributed by atoms with van der Waals surface area (Å²) in [5, 5.41) is 13.0. The summed E-state index contributed by atoms with van der Waals surface area (Å²) in [5.74, 6) is 0. The molecule has 0 bridgehead atoms. The topological polar surface area (TPSA) is 105 Å². The van der Waals surface area contributed by atoms with Gasteiger partial charge in [0.15, 0.2) is 0 Å². The van der Waals surface area contributed by atoms with E-state index < -0.39 is 0 Å². The molecule has 2 spiro atoms. The number of nitrogens with one attached hydrogen (secondary N) is 1. The summed E-state index contributed by atoms with van der Waals surface area (Å²) in [5.41, 5.74) is 20.8. The van der Waals surface area contributed by atoms with Crippen LogP contribution in [0.4, 0.5) is 0 Å². The predicted molar refractivity (Wildman–Crippen MR) is 148 cm³/mol. The number of likely N-dealkylation sites (tertiary alicyclic amines) is 2. The number of aromatic amines is 1. The lowest BCUT2D eigenvalue weighted by Gasteiger charge is -2.48. The molecule has 4 heterocycles. The van der Waals surface area contributed by atoms with Gasteiger partial charge in [-0.15, -0.1) is 0 Å². The van der Waals surface area contributed by atoms with E-state index in [1.165, 1.54) is 28.2 Å². The zero-order valence-electron chi connectivity index (χ0n) is 23.9. The number of aromatic nitrogens is 4. The molecule has 0 unspecified atom stereocenters. The third-order valence-corrected chi connectivity index (χ3v) is 10.9. The Morgan fingerprint density at radius 3 is 2.16 bits per heavy atom. The molecule has 8 heteroatoms. The third-order valence-electron chi connectivity index (χ3n) is 10.9. The van der Waals surface area contributed by atoms with Gasteiger partial charge >= 0.3 is 0 Å². The summed E-state index contributed by atoms with van der Waals surface area (Å²) in [4.78, 5) is 5.28. The van der Waals surface area contributed by atoms with E-state index >= 15 is 0 Å². The van der Waals surface area contributed by atoms with Gasteiger partial charge in [-0.3, -0.25) is 19.6 Å². The van der Waals surface area contributed by atoms with Crippen molar-refractivity contribution in [1.82, 2.24) is 29.8 Å². The highest BCUT2D eigenvalue weighted by molar-refractivity contribution is 5.42. The number of hydrogen-bond acceptors (Lipinski definition) is 6. The highest BCUT2D eigenvalue weighted by atomic mass is 15.3. The van der Waals surface area contributed by atoms with E-state index in [0.717, 1.165) is 71.1 Å². The van der Waals surface area contributed by atoms with Gasteiger partial charge in [-0.25, -0.2) is 0 Å². The van der Waals surface area contributed by atoms with Gasteiger partial charge < -0.3 is 11.5 Å². The number of nitrogens with zero attached hydrogens (tertiary/aromatic N) is 5. The van der Waals surface area contributed by atoms with E-state index in [-0.39, 0.29) is 34.0 Å². The van der Waals surface area contributed by atoms with Gasteiger partial charge in [0, 0.05) is 58.8 Å². The summed E-state index contributed by atoms with van der Waals surface area (Å²) >= 11 is 0. The number of piperidine rings is 2. The van der Waals surface area contributed by atoms with Crippen LogP contribution in [0, 0.1) is 0 Å². The van der Waals surface area contributed by atoms with Crippen molar-refractivity contribution in [3.63, 3.8) is 0 Å². The van der Waals surface area contributed by atoms with Crippen molar-refractivity contribution < 1.29 is 0 Å². The van der Waals surface area contributed by atoms with Gasteiger partial charge in [0.05, 0.1) is 11.9 Å². The molecule has 2 fully saturated rings. The van der Waals surface area contributed by atoms with Gasteiger partial charge in [0.2, 0.25) is 0 Å². The van der Waals surface area contributed by atoms with Crippen LogP contribution in [0.5, 0.6) is 0 Å². The van der Waals surface area contributed by atoms with Crippen molar-refractivity contribution in [2.45, 2.75) is 114 Å². The Labute approximate surface area is 222 Å². The molecule has 2 aromatic rings. The Kier molecular flexibility index (Phi) is 5.78. The van der Waals surface area contributed by atoms with Crippen LogP contribution in [0.2, 0.25) is 0 Å². The molecular formula is C29H48N8. The lowest BCUT2D eigenvalue weighted by Crippen LogP contribution is -2.56. The smallest absolute Gasteiger partial charge is 0.0676 e. The number of aryl methyl sites for hydroxylation is 1. The van der Waals surface area contributed by atoms with Crippen LogP contribution >= 0.6 is 0 Å². The van der Waals surface area contributed by atoms with Gasteiger partial charge in [-0.05, 0) is 110 Å². The van der Waals surface area contributed by atoms with Crippen LogP contribution in [0.3, 0.4) is 0 Å². The first-order valence-corrected chi connectivity index (χ1v) is 14.5. The molecule has 0 aromatic carbocycles. The van der Waals surface area contributed by atoms with Crippen LogP contribution in [0.25, 0.3) is 0 Å². The maximum atomic E-state index is 6.90. The third kappa shape index (κ3) is 3.77. The van der Waals surface area contributed by atoms with Crippen molar-refractivity contribution in [2.75, 3.05) is 26.2 Å². The first-order valence-electron chi connectivity index (χ1n) is 14.5. The van der Waals surface area contributed by atoms with E-state index in [2.05, 4.69) is 66.3 Å². The normalized spacial score (nSPS) is 27.8. The van der Waals surface area contributed by atoms with Crippen LogP contribution in [0.15, 0.2) is 6.20 Å². The highest BCUT2D eigenvalue weighted by Gasteiger charge is 2.52. The Hall–Kier alpha value is -1.74. The Balaban J connectivity index is 1.17. The second-order valence-corrected chi connectivity index (χ2v) is 14.2. The zero-order valence-corrected chi connectivity index (χ0v) is 23.9. The Morgan fingerprint density at radius 1 is 0.919 bits per heavy atom. The number of fused-ring (bicyclic) bond motifs is 4. The molecule has 0 saturated carbocycles. The lowest BCUT2D eigenvalue weighted by atomic mass is 9.72. The molecule has 2 saturated heterocycles. The van der Waals surface area contributed by atoms with E-state index in [1.54, 1.807) is 0 Å². The molecule has 4 aliphatic rings. The maximum Gasteiger partial charge on any atom is 0.0676 e. The van der Waals surface area contributed by atoms with Gasteiger partial charge in [0.1, 0.15) is 0 Å².